The Labute approximate surface area is 168 Å². The number of carbonyl (C=O) groups is 1. The van der Waals surface area contributed by atoms with Crippen molar-refractivity contribution in [3.63, 3.8) is 0 Å². The smallest absolute Gasteiger partial charge is 0.336 e. The third-order valence-corrected chi connectivity index (χ3v) is 4.39. The lowest BCUT2D eigenvalue weighted by atomic mass is 10.1. The number of anilines is 1. The van der Waals surface area contributed by atoms with E-state index in [4.69, 9.17) is 14.2 Å². The second-order valence-corrected chi connectivity index (χ2v) is 7.09. The van der Waals surface area contributed by atoms with Crippen LogP contribution >= 0.6 is 0 Å². The zero-order valence-corrected chi connectivity index (χ0v) is 16.5. The van der Waals surface area contributed by atoms with Gasteiger partial charge in [-0.05, 0) is 48.4 Å². The molecule has 0 fully saturated rings. The van der Waals surface area contributed by atoms with Gasteiger partial charge in [0.1, 0.15) is 0 Å². The lowest BCUT2D eigenvalue weighted by Crippen LogP contribution is -2.13. The van der Waals surface area contributed by atoms with Gasteiger partial charge in [-0.25, -0.2) is 4.68 Å². The lowest BCUT2D eigenvalue weighted by Gasteiger charge is -2.09. The molecule has 4 rings (SSSR count). The molecule has 1 aliphatic rings. The maximum atomic E-state index is 12.0. The fourth-order valence-corrected chi connectivity index (χ4v) is 3.05. The van der Waals surface area contributed by atoms with Gasteiger partial charge in [-0.2, -0.15) is 4.98 Å². The van der Waals surface area contributed by atoms with Crippen molar-refractivity contribution in [2.75, 3.05) is 19.2 Å². The largest absolute Gasteiger partial charge is 0.466 e. The summed E-state index contributed by atoms with van der Waals surface area (Å²) in [6, 6.07) is 13.3. The predicted molar refractivity (Wildman–Crippen MR) is 108 cm³/mol. The highest BCUT2D eigenvalue weighted by Gasteiger charge is 2.19. The van der Waals surface area contributed by atoms with Gasteiger partial charge in [-0.15, -0.1) is 5.10 Å². The minimum atomic E-state index is -0.00350. The van der Waals surface area contributed by atoms with Crippen molar-refractivity contribution < 1.29 is 19.0 Å². The second-order valence-electron chi connectivity index (χ2n) is 7.09. The molecule has 1 N–H and O–H groups in total. The number of methoxy groups -OCH3 is 1. The number of nitrogens with zero attached hydrogens (tertiary/aromatic N) is 3. The Kier molecular flexibility index (Phi) is 5.07. The van der Waals surface area contributed by atoms with Crippen LogP contribution in [0.1, 0.15) is 20.3 Å². The minimum Gasteiger partial charge on any atom is -0.466 e. The second kappa shape index (κ2) is 7.83. The first-order valence-corrected chi connectivity index (χ1v) is 9.35. The molecule has 3 aromatic rings. The molecule has 2 heterocycles. The quantitative estimate of drug-likeness (QED) is 0.687. The first-order valence-electron chi connectivity index (χ1n) is 9.35. The SMILES string of the molecule is COc1nc(-c2ccc3c(c2)OCO3)n(-c2ccc(NC(=O)CC(C)C)cc2)n1. The summed E-state index contributed by atoms with van der Waals surface area (Å²) in [5.74, 6) is 2.28. The van der Waals surface area contributed by atoms with Crippen molar-refractivity contribution in [3.05, 3.63) is 42.5 Å². The fourth-order valence-electron chi connectivity index (χ4n) is 3.05. The van der Waals surface area contributed by atoms with Gasteiger partial charge >= 0.3 is 6.01 Å². The molecule has 1 aromatic heterocycles. The van der Waals surface area contributed by atoms with Crippen molar-refractivity contribution >= 4 is 11.6 Å². The third kappa shape index (κ3) is 4.01. The molecule has 8 nitrogen and oxygen atoms in total. The Bertz CT molecular complexity index is 1030. The number of fused-ring (bicyclic) bond motifs is 1. The fraction of sp³-hybridized carbons (Fsp3) is 0.286. The molecule has 1 amide bonds. The molecular formula is C21H22N4O4. The molecule has 0 bridgehead atoms. The molecule has 29 heavy (non-hydrogen) atoms. The summed E-state index contributed by atoms with van der Waals surface area (Å²) in [5, 5.41) is 7.33. The maximum Gasteiger partial charge on any atom is 0.336 e. The molecule has 0 saturated heterocycles. The van der Waals surface area contributed by atoms with E-state index in [1.54, 1.807) is 4.68 Å². The average molecular weight is 394 g/mol. The predicted octanol–water partition coefficient (Wildman–Crippen LogP) is 3.66. The number of hydrogen-bond donors (Lipinski definition) is 1. The van der Waals surface area contributed by atoms with Crippen LogP contribution in [0.4, 0.5) is 5.69 Å². The van der Waals surface area contributed by atoms with E-state index in [2.05, 4.69) is 15.4 Å². The van der Waals surface area contributed by atoms with Crippen LogP contribution < -0.4 is 19.5 Å². The van der Waals surface area contributed by atoms with Crippen LogP contribution in [0.2, 0.25) is 0 Å². The highest BCUT2D eigenvalue weighted by molar-refractivity contribution is 5.90. The van der Waals surface area contributed by atoms with E-state index in [1.165, 1.54) is 7.11 Å². The van der Waals surface area contributed by atoms with Crippen LogP contribution in [0.3, 0.4) is 0 Å². The topological polar surface area (TPSA) is 87.5 Å². The Balaban J connectivity index is 1.63. The van der Waals surface area contributed by atoms with Crippen LogP contribution in [0.25, 0.3) is 17.1 Å². The number of ether oxygens (including phenoxy) is 3. The highest BCUT2D eigenvalue weighted by atomic mass is 16.7. The van der Waals surface area contributed by atoms with Gasteiger partial charge in [0.05, 0.1) is 12.8 Å². The summed E-state index contributed by atoms with van der Waals surface area (Å²) in [7, 11) is 1.52. The van der Waals surface area contributed by atoms with Crippen molar-refractivity contribution in [3.8, 4) is 34.6 Å². The van der Waals surface area contributed by atoms with Crippen molar-refractivity contribution in [2.24, 2.45) is 5.92 Å². The van der Waals surface area contributed by atoms with Crippen LogP contribution in [-0.2, 0) is 4.79 Å². The van der Waals surface area contributed by atoms with Gasteiger partial charge in [0.25, 0.3) is 0 Å². The summed E-state index contributed by atoms with van der Waals surface area (Å²) < 4.78 is 17.8. The minimum absolute atomic E-state index is 0.00350. The first kappa shape index (κ1) is 18.8. The number of amides is 1. The molecule has 0 radical (unpaired) electrons. The normalized spacial score (nSPS) is 12.3. The van der Waals surface area contributed by atoms with Gasteiger partial charge in [-0.1, -0.05) is 13.8 Å². The zero-order valence-electron chi connectivity index (χ0n) is 16.5. The van der Waals surface area contributed by atoms with E-state index < -0.39 is 0 Å². The third-order valence-electron chi connectivity index (χ3n) is 4.39. The number of hydrogen-bond acceptors (Lipinski definition) is 6. The van der Waals surface area contributed by atoms with E-state index in [1.807, 2.05) is 56.3 Å². The summed E-state index contributed by atoms with van der Waals surface area (Å²) in [6.07, 6.45) is 0.482. The van der Waals surface area contributed by atoms with Crippen LogP contribution in [0.5, 0.6) is 17.5 Å². The van der Waals surface area contributed by atoms with Crippen LogP contribution in [0, 0.1) is 5.92 Å². The number of benzene rings is 2. The highest BCUT2D eigenvalue weighted by Crippen LogP contribution is 2.36. The zero-order chi connectivity index (χ0) is 20.4. The first-order chi connectivity index (χ1) is 14.0. The van der Waals surface area contributed by atoms with E-state index in [-0.39, 0.29) is 18.7 Å². The molecule has 1 aliphatic heterocycles. The summed E-state index contributed by atoms with van der Waals surface area (Å²) in [4.78, 5) is 16.4. The van der Waals surface area contributed by atoms with E-state index >= 15 is 0 Å². The van der Waals surface area contributed by atoms with Gasteiger partial charge in [0.15, 0.2) is 17.3 Å². The molecule has 0 aliphatic carbocycles. The molecule has 8 heteroatoms. The number of carbonyl (C=O) groups excluding carboxylic acids is 1. The van der Waals surface area contributed by atoms with Gasteiger partial charge < -0.3 is 19.5 Å². The van der Waals surface area contributed by atoms with E-state index in [9.17, 15) is 4.79 Å². The Hall–Kier alpha value is -3.55. The van der Waals surface area contributed by atoms with Crippen molar-refractivity contribution in [1.82, 2.24) is 14.8 Å². The average Bonchev–Trinajstić information content (AvgIpc) is 3.34. The molecule has 150 valence electrons. The van der Waals surface area contributed by atoms with Gasteiger partial charge in [0, 0.05) is 17.7 Å². The Morgan fingerprint density at radius 3 is 2.66 bits per heavy atom. The van der Waals surface area contributed by atoms with E-state index in [0.717, 1.165) is 16.9 Å². The molecule has 0 atom stereocenters. The van der Waals surface area contributed by atoms with Crippen molar-refractivity contribution in [1.29, 1.82) is 0 Å². The monoisotopic (exact) mass is 394 g/mol. The Morgan fingerprint density at radius 2 is 1.93 bits per heavy atom. The molecule has 0 saturated carbocycles. The molecule has 0 spiro atoms. The van der Waals surface area contributed by atoms with E-state index in [0.29, 0.717) is 29.7 Å². The van der Waals surface area contributed by atoms with Crippen LogP contribution in [-0.4, -0.2) is 34.6 Å². The molecule has 2 aromatic carbocycles. The van der Waals surface area contributed by atoms with Gasteiger partial charge in [0.2, 0.25) is 12.7 Å². The number of nitrogens with one attached hydrogen (secondary N) is 1. The summed E-state index contributed by atoms with van der Waals surface area (Å²) in [6.45, 7) is 4.23. The standard InChI is InChI=1S/C21H22N4O4/c1-13(2)10-19(26)22-15-5-7-16(8-6-15)25-20(23-21(24-25)27-3)14-4-9-17-18(11-14)29-12-28-17/h4-9,11,13H,10,12H2,1-3H3,(H,22,26). The van der Waals surface area contributed by atoms with Crippen molar-refractivity contribution in [2.45, 2.75) is 20.3 Å². The Morgan fingerprint density at radius 1 is 1.17 bits per heavy atom. The number of aromatic nitrogens is 3. The van der Waals surface area contributed by atoms with Gasteiger partial charge in [-0.3, -0.25) is 4.79 Å². The molecule has 0 unspecified atom stereocenters. The maximum absolute atomic E-state index is 12.0. The van der Waals surface area contributed by atoms with Crippen LogP contribution in [0.15, 0.2) is 42.5 Å². The summed E-state index contributed by atoms with van der Waals surface area (Å²) in [5.41, 5.74) is 2.34. The molecular weight excluding hydrogens is 372 g/mol. The summed E-state index contributed by atoms with van der Waals surface area (Å²) >= 11 is 0. The number of rotatable bonds is 6. The lowest BCUT2D eigenvalue weighted by molar-refractivity contribution is -0.116.